The van der Waals surface area contributed by atoms with E-state index in [0.29, 0.717) is 50.4 Å². The van der Waals surface area contributed by atoms with Gasteiger partial charge in [-0.2, -0.15) is 0 Å². The SMILES string of the molecule is C=C(C)C(=O)OCCC/C(C)=N/OCCCCCCO/N=C(\C)CCCOC(=O)C(=C)C. The Kier molecular flexibility index (Phi) is 17.5. The normalized spacial score (nSPS) is 11.6. The van der Waals surface area contributed by atoms with Gasteiger partial charge in [0.2, 0.25) is 0 Å². The van der Waals surface area contributed by atoms with E-state index < -0.39 is 0 Å². The Morgan fingerprint density at radius 1 is 0.594 bits per heavy atom. The molecule has 182 valence electrons. The zero-order chi connectivity index (χ0) is 24.2. The van der Waals surface area contributed by atoms with Gasteiger partial charge in [0.15, 0.2) is 0 Å². The standard InChI is InChI=1S/C24H40N2O6/c1-19(2)23(27)29-15-11-13-21(5)25-31-17-9-7-8-10-18-32-26-22(6)14-12-16-30-24(28)20(3)4/h1,3,7-18H2,2,4-6H3/b25-21+,26-22+. The first-order chi connectivity index (χ1) is 15.2. The molecule has 8 heteroatoms. The van der Waals surface area contributed by atoms with Gasteiger partial charge in [-0.1, -0.05) is 23.5 Å². The number of rotatable bonds is 19. The molecule has 32 heavy (non-hydrogen) atoms. The van der Waals surface area contributed by atoms with Crippen molar-refractivity contribution in [2.75, 3.05) is 26.4 Å². The Morgan fingerprint density at radius 3 is 1.31 bits per heavy atom. The third-order valence-electron chi connectivity index (χ3n) is 4.19. The maximum Gasteiger partial charge on any atom is 0.333 e. The van der Waals surface area contributed by atoms with Crippen molar-refractivity contribution in [2.24, 2.45) is 10.3 Å². The van der Waals surface area contributed by atoms with Gasteiger partial charge >= 0.3 is 11.9 Å². The monoisotopic (exact) mass is 452 g/mol. The molecule has 0 N–H and O–H groups in total. The van der Waals surface area contributed by atoms with E-state index in [1.807, 2.05) is 13.8 Å². The molecule has 0 spiro atoms. The summed E-state index contributed by atoms with van der Waals surface area (Å²) in [7, 11) is 0. The minimum Gasteiger partial charge on any atom is -0.462 e. The largest absolute Gasteiger partial charge is 0.462 e. The minimum atomic E-state index is -0.359. The first-order valence-electron chi connectivity index (χ1n) is 11.2. The summed E-state index contributed by atoms with van der Waals surface area (Å²) in [5.41, 5.74) is 2.58. The van der Waals surface area contributed by atoms with Crippen LogP contribution in [0, 0.1) is 0 Å². The molecule has 0 aromatic rings. The molecule has 0 aliphatic heterocycles. The summed E-state index contributed by atoms with van der Waals surface area (Å²) in [4.78, 5) is 33.1. The highest BCUT2D eigenvalue weighted by molar-refractivity contribution is 5.87. The van der Waals surface area contributed by atoms with Crippen LogP contribution in [0.1, 0.15) is 79.1 Å². The smallest absolute Gasteiger partial charge is 0.333 e. The number of unbranched alkanes of at least 4 members (excludes halogenated alkanes) is 3. The number of esters is 2. The van der Waals surface area contributed by atoms with Gasteiger partial charge in [0.05, 0.1) is 24.6 Å². The van der Waals surface area contributed by atoms with Crippen LogP contribution in [0.25, 0.3) is 0 Å². The molecule has 0 fully saturated rings. The number of carbonyl (C=O) groups excluding carboxylic acids is 2. The average Bonchev–Trinajstić information content (AvgIpc) is 2.74. The van der Waals surface area contributed by atoms with Crippen LogP contribution in [0.4, 0.5) is 0 Å². The Labute approximate surface area is 192 Å². The molecule has 8 nitrogen and oxygen atoms in total. The summed E-state index contributed by atoms with van der Waals surface area (Å²) in [5, 5.41) is 8.15. The molecule has 0 bridgehead atoms. The van der Waals surface area contributed by atoms with Crippen LogP contribution in [-0.4, -0.2) is 49.8 Å². The van der Waals surface area contributed by atoms with Gasteiger partial charge in [-0.25, -0.2) is 9.59 Å². The maximum atomic E-state index is 11.3. The third kappa shape index (κ3) is 18.2. The molecule has 0 aromatic carbocycles. The van der Waals surface area contributed by atoms with Crippen molar-refractivity contribution in [1.82, 2.24) is 0 Å². The van der Waals surface area contributed by atoms with Gasteiger partial charge in [-0.3, -0.25) is 0 Å². The molecule has 0 aromatic heterocycles. The molecule has 0 saturated heterocycles. The van der Waals surface area contributed by atoms with Crippen LogP contribution in [0.2, 0.25) is 0 Å². The van der Waals surface area contributed by atoms with Crippen molar-refractivity contribution in [2.45, 2.75) is 79.1 Å². The van der Waals surface area contributed by atoms with Gasteiger partial charge in [-0.05, 0) is 79.1 Å². The molecule has 0 amide bonds. The number of oxime groups is 2. The van der Waals surface area contributed by atoms with E-state index in [9.17, 15) is 9.59 Å². The van der Waals surface area contributed by atoms with Gasteiger partial charge in [0, 0.05) is 11.1 Å². The first kappa shape index (κ1) is 29.4. The van der Waals surface area contributed by atoms with Crippen LogP contribution in [0.3, 0.4) is 0 Å². The lowest BCUT2D eigenvalue weighted by molar-refractivity contribution is -0.139. The summed E-state index contributed by atoms with van der Waals surface area (Å²) in [6, 6.07) is 0. The van der Waals surface area contributed by atoms with Crippen molar-refractivity contribution < 1.29 is 28.7 Å². The van der Waals surface area contributed by atoms with Crippen molar-refractivity contribution in [3.8, 4) is 0 Å². The quantitative estimate of drug-likeness (QED) is 0.0886. The summed E-state index contributed by atoms with van der Waals surface area (Å²) in [6.07, 6.45) is 6.79. The summed E-state index contributed by atoms with van der Waals surface area (Å²) in [6.45, 7) is 16.0. The predicted molar refractivity (Wildman–Crippen MR) is 127 cm³/mol. The third-order valence-corrected chi connectivity index (χ3v) is 4.19. The molecular formula is C24H40N2O6. The number of nitrogens with zero attached hydrogens (tertiary/aromatic N) is 2. The van der Waals surface area contributed by atoms with Crippen LogP contribution in [-0.2, 0) is 28.7 Å². The summed E-state index contributed by atoms with van der Waals surface area (Å²) >= 11 is 0. The van der Waals surface area contributed by atoms with Crippen molar-refractivity contribution in [1.29, 1.82) is 0 Å². The van der Waals surface area contributed by atoms with Crippen molar-refractivity contribution >= 4 is 23.4 Å². The molecule has 0 rings (SSSR count). The van der Waals surface area contributed by atoms with E-state index >= 15 is 0 Å². The molecule has 0 heterocycles. The van der Waals surface area contributed by atoms with Gasteiger partial charge in [0.25, 0.3) is 0 Å². The predicted octanol–water partition coefficient (Wildman–Crippen LogP) is 5.13. The molecule has 0 saturated carbocycles. The van der Waals surface area contributed by atoms with Crippen molar-refractivity contribution in [3.05, 3.63) is 24.3 Å². The van der Waals surface area contributed by atoms with E-state index in [1.54, 1.807) is 13.8 Å². The summed E-state index contributed by atoms with van der Waals surface area (Å²) in [5.74, 6) is -0.719. The van der Waals surface area contributed by atoms with E-state index in [1.165, 1.54) is 0 Å². The van der Waals surface area contributed by atoms with Crippen molar-refractivity contribution in [3.63, 3.8) is 0 Å². The fourth-order valence-corrected chi connectivity index (χ4v) is 2.32. The lowest BCUT2D eigenvalue weighted by Gasteiger charge is -2.05. The Hall–Kier alpha value is -2.64. The molecule has 0 aliphatic carbocycles. The van der Waals surface area contributed by atoms with E-state index in [4.69, 9.17) is 19.1 Å². The number of hydrogen-bond acceptors (Lipinski definition) is 8. The Bertz CT molecular complexity index is 599. The van der Waals surface area contributed by atoms with E-state index in [0.717, 1.165) is 49.9 Å². The average molecular weight is 453 g/mol. The zero-order valence-electron chi connectivity index (χ0n) is 20.2. The van der Waals surface area contributed by atoms with Crippen LogP contribution in [0.15, 0.2) is 34.6 Å². The van der Waals surface area contributed by atoms with Gasteiger partial charge < -0.3 is 19.1 Å². The highest BCUT2D eigenvalue weighted by Crippen LogP contribution is 2.03. The van der Waals surface area contributed by atoms with Gasteiger partial charge in [-0.15, -0.1) is 0 Å². The fraction of sp³-hybridized carbons (Fsp3) is 0.667. The second-order valence-electron chi connectivity index (χ2n) is 7.77. The zero-order valence-corrected chi connectivity index (χ0v) is 20.2. The highest BCUT2D eigenvalue weighted by Gasteiger charge is 2.03. The van der Waals surface area contributed by atoms with Crippen LogP contribution >= 0.6 is 0 Å². The fourth-order valence-electron chi connectivity index (χ4n) is 2.32. The number of ether oxygens (including phenoxy) is 2. The highest BCUT2D eigenvalue weighted by atomic mass is 16.6. The Balaban J connectivity index is 3.55. The second kappa shape index (κ2) is 19.1. The molecule has 0 aliphatic rings. The molecule has 0 unspecified atom stereocenters. The van der Waals surface area contributed by atoms with E-state index in [-0.39, 0.29) is 11.9 Å². The minimum absolute atomic E-state index is 0.356. The van der Waals surface area contributed by atoms with Gasteiger partial charge in [0.1, 0.15) is 13.2 Å². The topological polar surface area (TPSA) is 95.8 Å². The molecule has 0 atom stereocenters. The van der Waals surface area contributed by atoms with Crippen LogP contribution in [0.5, 0.6) is 0 Å². The number of hydrogen-bond donors (Lipinski definition) is 0. The summed E-state index contributed by atoms with van der Waals surface area (Å²) < 4.78 is 10.1. The lowest BCUT2D eigenvalue weighted by Crippen LogP contribution is -2.07. The number of carbonyl (C=O) groups is 2. The molecule has 0 radical (unpaired) electrons. The lowest BCUT2D eigenvalue weighted by atomic mass is 10.2. The molecular weight excluding hydrogens is 412 g/mol. The van der Waals surface area contributed by atoms with E-state index in [2.05, 4.69) is 23.5 Å². The second-order valence-corrected chi connectivity index (χ2v) is 7.77. The maximum absolute atomic E-state index is 11.3. The van der Waals surface area contributed by atoms with Crippen LogP contribution < -0.4 is 0 Å². The Morgan fingerprint density at radius 2 is 0.969 bits per heavy atom. The first-order valence-corrected chi connectivity index (χ1v) is 11.2.